The van der Waals surface area contributed by atoms with Crippen molar-refractivity contribution in [3.63, 3.8) is 0 Å². The van der Waals surface area contributed by atoms with Crippen molar-refractivity contribution in [1.82, 2.24) is 9.97 Å². The number of rotatable bonds is 2. The number of hydrogen-bond acceptors (Lipinski definition) is 4. The number of allylic oxidation sites excluding steroid dienone is 1. The van der Waals surface area contributed by atoms with Crippen molar-refractivity contribution in [2.24, 2.45) is 0 Å². The van der Waals surface area contributed by atoms with Crippen molar-refractivity contribution >= 4 is 17.8 Å². The third-order valence-electron chi connectivity index (χ3n) is 1.20. The van der Waals surface area contributed by atoms with Crippen LogP contribution in [0.5, 0.6) is 0 Å². The Kier molecular flexibility index (Phi) is 2.53. The fraction of sp³-hybridized carbons (Fsp3) is 0.125. The summed E-state index contributed by atoms with van der Waals surface area (Å²) in [6.45, 7) is 1.48. The van der Waals surface area contributed by atoms with Crippen LogP contribution in [0.1, 0.15) is 12.5 Å². The zero-order valence-corrected chi connectivity index (χ0v) is 6.69. The van der Waals surface area contributed by atoms with E-state index in [1.165, 1.54) is 13.0 Å². The molecule has 0 aliphatic rings. The molecule has 0 unspecified atom stereocenters. The molecule has 62 valence electrons. The van der Waals surface area contributed by atoms with Gasteiger partial charge in [-0.05, 0) is 19.1 Å². The quantitative estimate of drug-likeness (QED) is 0.650. The summed E-state index contributed by atoms with van der Waals surface area (Å²) in [7, 11) is 0. The molecule has 0 aliphatic heterocycles. The summed E-state index contributed by atoms with van der Waals surface area (Å²) in [5.74, 6) is 0.224. The largest absolute Gasteiger partial charge is 0.368 e. The Balaban J connectivity index is 2.77. The average molecular weight is 163 g/mol. The Bertz CT molecular complexity index is 303. The minimum absolute atomic E-state index is 0.00757. The summed E-state index contributed by atoms with van der Waals surface area (Å²) in [5, 5.41) is 0. The number of ketones is 1. The summed E-state index contributed by atoms with van der Waals surface area (Å²) in [5.41, 5.74) is 6.03. The third-order valence-corrected chi connectivity index (χ3v) is 1.20. The van der Waals surface area contributed by atoms with Crippen molar-refractivity contribution in [3.8, 4) is 0 Å². The zero-order valence-electron chi connectivity index (χ0n) is 6.69. The Morgan fingerprint density at radius 1 is 1.50 bits per heavy atom. The Morgan fingerprint density at radius 3 is 2.58 bits per heavy atom. The van der Waals surface area contributed by atoms with Gasteiger partial charge in [0.15, 0.2) is 5.78 Å². The van der Waals surface area contributed by atoms with Gasteiger partial charge in [0, 0.05) is 18.0 Å². The van der Waals surface area contributed by atoms with Gasteiger partial charge in [0.2, 0.25) is 5.95 Å². The van der Waals surface area contributed by atoms with Crippen molar-refractivity contribution in [2.45, 2.75) is 6.92 Å². The first-order valence-electron chi connectivity index (χ1n) is 3.44. The minimum Gasteiger partial charge on any atom is -0.368 e. The Hall–Kier alpha value is -1.71. The van der Waals surface area contributed by atoms with Gasteiger partial charge in [0.05, 0.1) is 0 Å². The van der Waals surface area contributed by atoms with Crippen LogP contribution in [0.3, 0.4) is 0 Å². The molecule has 1 aromatic heterocycles. The van der Waals surface area contributed by atoms with Gasteiger partial charge < -0.3 is 5.73 Å². The Morgan fingerprint density at radius 2 is 2.08 bits per heavy atom. The van der Waals surface area contributed by atoms with E-state index in [-0.39, 0.29) is 11.7 Å². The predicted octanol–water partition coefficient (Wildman–Crippen LogP) is 0.661. The normalized spacial score (nSPS) is 10.4. The van der Waals surface area contributed by atoms with E-state index in [9.17, 15) is 4.79 Å². The van der Waals surface area contributed by atoms with Crippen LogP contribution in [0, 0.1) is 0 Å². The summed E-state index contributed by atoms with van der Waals surface area (Å²) < 4.78 is 0. The molecule has 4 heteroatoms. The highest BCUT2D eigenvalue weighted by Crippen LogP contribution is 1.99. The lowest BCUT2D eigenvalue weighted by atomic mass is 10.3. The Labute approximate surface area is 70.1 Å². The fourth-order valence-electron chi connectivity index (χ4n) is 0.648. The third kappa shape index (κ3) is 2.49. The smallest absolute Gasteiger partial charge is 0.219 e. The molecule has 2 N–H and O–H groups in total. The van der Waals surface area contributed by atoms with E-state index in [4.69, 9.17) is 5.73 Å². The highest BCUT2D eigenvalue weighted by atomic mass is 16.1. The van der Waals surface area contributed by atoms with Gasteiger partial charge in [0.25, 0.3) is 0 Å². The molecule has 0 spiro atoms. The van der Waals surface area contributed by atoms with Crippen LogP contribution in [0.4, 0.5) is 5.95 Å². The second kappa shape index (κ2) is 3.61. The number of anilines is 1. The SMILES string of the molecule is CC(=O)/C=C/c1cnc(N)nc1. The van der Waals surface area contributed by atoms with Gasteiger partial charge in [-0.15, -0.1) is 0 Å². The van der Waals surface area contributed by atoms with Gasteiger partial charge >= 0.3 is 0 Å². The number of hydrogen-bond donors (Lipinski definition) is 1. The van der Waals surface area contributed by atoms with E-state index in [2.05, 4.69) is 9.97 Å². The number of nitrogen functional groups attached to an aromatic ring is 1. The van der Waals surface area contributed by atoms with E-state index in [1.54, 1.807) is 18.5 Å². The predicted molar refractivity (Wildman–Crippen MR) is 46.2 cm³/mol. The van der Waals surface area contributed by atoms with Crippen LogP contribution < -0.4 is 5.73 Å². The van der Waals surface area contributed by atoms with Crippen molar-refractivity contribution in [3.05, 3.63) is 24.0 Å². The number of carbonyl (C=O) groups excluding carboxylic acids is 1. The average Bonchev–Trinajstić information content (AvgIpc) is 2.03. The summed E-state index contributed by atoms with van der Waals surface area (Å²) in [6, 6.07) is 0. The molecule has 0 radical (unpaired) electrons. The van der Waals surface area contributed by atoms with E-state index in [0.717, 1.165) is 5.56 Å². The maximum Gasteiger partial charge on any atom is 0.219 e. The standard InChI is InChI=1S/C8H9N3O/c1-6(12)2-3-7-4-10-8(9)11-5-7/h2-5H,1H3,(H2,9,10,11)/b3-2+. The molecule has 12 heavy (non-hydrogen) atoms. The van der Waals surface area contributed by atoms with Gasteiger partial charge in [-0.25, -0.2) is 9.97 Å². The van der Waals surface area contributed by atoms with Crippen LogP contribution in [0.15, 0.2) is 18.5 Å². The van der Waals surface area contributed by atoms with Gasteiger partial charge in [-0.1, -0.05) is 0 Å². The zero-order chi connectivity index (χ0) is 8.97. The van der Waals surface area contributed by atoms with E-state index >= 15 is 0 Å². The highest BCUT2D eigenvalue weighted by molar-refractivity contribution is 5.91. The second-order valence-electron chi connectivity index (χ2n) is 2.32. The summed E-state index contributed by atoms with van der Waals surface area (Å²) in [6.07, 6.45) is 6.21. The van der Waals surface area contributed by atoms with Crippen LogP contribution >= 0.6 is 0 Å². The first-order valence-corrected chi connectivity index (χ1v) is 3.44. The number of nitrogens with zero attached hydrogens (tertiary/aromatic N) is 2. The molecule has 0 bridgehead atoms. The van der Waals surface area contributed by atoms with Crippen LogP contribution in [-0.2, 0) is 4.79 Å². The lowest BCUT2D eigenvalue weighted by molar-refractivity contribution is -0.112. The van der Waals surface area contributed by atoms with Gasteiger partial charge in [-0.2, -0.15) is 0 Å². The minimum atomic E-state index is -0.00757. The molecule has 0 aromatic carbocycles. The van der Waals surface area contributed by atoms with E-state index in [1.807, 2.05) is 0 Å². The summed E-state index contributed by atoms with van der Waals surface area (Å²) in [4.78, 5) is 18.1. The maximum absolute atomic E-state index is 10.5. The molecule has 0 atom stereocenters. The maximum atomic E-state index is 10.5. The van der Waals surface area contributed by atoms with E-state index in [0.29, 0.717) is 0 Å². The molecule has 0 fully saturated rings. The molecule has 4 nitrogen and oxygen atoms in total. The molecule has 1 rings (SSSR count). The first kappa shape index (κ1) is 8.39. The number of carbonyl (C=O) groups is 1. The molecular weight excluding hydrogens is 154 g/mol. The highest BCUT2D eigenvalue weighted by Gasteiger charge is 1.89. The van der Waals surface area contributed by atoms with Gasteiger partial charge in [0.1, 0.15) is 0 Å². The second-order valence-corrected chi connectivity index (χ2v) is 2.32. The van der Waals surface area contributed by atoms with Crippen molar-refractivity contribution < 1.29 is 4.79 Å². The first-order chi connectivity index (χ1) is 5.68. The summed E-state index contributed by atoms with van der Waals surface area (Å²) >= 11 is 0. The molecule has 0 saturated carbocycles. The van der Waals surface area contributed by atoms with Gasteiger partial charge in [-0.3, -0.25) is 4.79 Å². The molecule has 0 saturated heterocycles. The lowest BCUT2D eigenvalue weighted by Gasteiger charge is -1.91. The molecule has 0 amide bonds. The van der Waals surface area contributed by atoms with Crippen molar-refractivity contribution in [1.29, 1.82) is 0 Å². The van der Waals surface area contributed by atoms with Crippen molar-refractivity contribution in [2.75, 3.05) is 5.73 Å². The van der Waals surface area contributed by atoms with Crippen LogP contribution in [0.25, 0.3) is 6.08 Å². The van der Waals surface area contributed by atoms with Crippen LogP contribution in [-0.4, -0.2) is 15.8 Å². The molecule has 1 aromatic rings. The molecular formula is C8H9N3O. The fourth-order valence-corrected chi connectivity index (χ4v) is 0.648. The van der Waals surface area contributed by atoms with E-state index < -0.39 is 0 Å². The van der Waals surface area contributed by atoms with Crippen LogP contribution in [0.2, 0.25) is 0 Å². The number of aromatic nitrogens is 2. The number of nitrogens with two attached hydrogens (primary N) is 1. The molecule has 1 heterocycles. The lowest BCUT2D eigenvalue weighted by Crippen LogP contribution is -1.93. The monoisotopic (exact) mass is 163 g/mol. The molecule has 0 aliphatic carbocycles. The topological polar surface area (TPSA) is 68.9 Å².